The molecule has 0 saturated heterocycles. The van der Waals surface area contributed by atoms with Crippen LogP contribution in [0.5, 0.6) is 0 Å². The second kappa shape index (κ2) is 35.2. The molecule has 0 spiro atoms. The molecule has 3 aromatic heterocycles. The Bertz CT molecular complexity index is 10200. The molecule has 0 N–H and O–H groups in total. The maximum absolute atomic E-state index is 2.47. The van der Waals surface area contributed by atoms with Gasteiger partial charge in [-0.1, -0.05) is 420 Å². The largest absolute Gasteiger partial charge is 0.310 e. The van der Waals surface area contributed by atoms with Gasteiger partial charge in [-0.2, -0.15) is 0 Å². The first-order valence-corrected chi connectivity index (χ1v) is 50.9. The van der Waals surface area contributed by atoms with Crippen molar-refractivity contribution in [2.75, 3.05) is 14.7 Å². The standard InChI is InChI=1S/C51H36N2.C48H32N2.C42H28N2/c1-51(2)45-24-12-10-20-39(45)40-29-27-34(31-46(40)51)53-47-25-13-11-21-41(47)42-30-28-35(32-49(42)53)52(33-15-4-3-5-16-33)48-26-14-23-44-38-18-7-6-17-36(38)37-19-8-9-22-43(37)50(44)48;1-3-16-33(17-4-1)36-20-11-13-27-44(36)50-45-28-14-12-24-40(45)41-31-30-35(32-47(41)50)49(34-18-5-2-6-19-34)46-29-15-26-43-39-22-8-7-21-37(39)38-23-9-10-25-42(38)48(43)46;1-3-14-29(15-4-1)43(40-25-13-23-38-34-19-8-7-18-32(34)33-20-9-10-22-37(33)42(38)40)31-26-27-36-35-21-11-12-24-39(35)44(41(36)28-31)30-16-5-2-6-17-30/h3-32H,1-2H3;1-32H;1-28H. The first-order valence-electron chi connectivity index (χ1n) is 50.9. The van der Waals surface area contributed by atoms with Crippen molar-refractivity contribution in [3.8, 4) is 39.3 Å². The van der Waals surface area contributed by atoms with Gasteiger partial charge in [-0.25, -0.2) is 0 Å². The Hall–Kier alpha value is -19.1. The van der Waals surface area contributed by atoms with Crippen LogP contribution >= 0.6 is 0 Å². The molecule has 0 unspecified atom stereocenters. The van der Waals surface area contributed by atoms with E-state index in [-0.39, 0.29) is 5.41 Å². The molecule has 26 aromatic carbocycles. The van der Waals surface area contributed by atoms with Gasteiger partial charge in [0.05, 0.1) is 55.8 Å². The molecule has 0 bridgehead atoms. The van der Waals surface area contributed by atoms with Crippen molar-refractivity contribution in [3.05, 3.63) is 557 Å². The molecular formula is C141H96N6. The van der Waals surface area contributed by atoms with E-state index >= 15 is 0 Å². The highest BCUT2D eigenvalue weighted by Crippen LogP contribution is 2.55. The quantitative estimate of drug-likeness (QED) is 0.108. The summed E-state index contributed by atoms with van der Waals surface area (Å²) in [6.07, 6.45) is 0. The third-order valence-corrected chi connectivity index (χ3v) is 30.8. The van der Waals surface area contributed by atoms with Crippen LogP contribution < -0.4 is 14.7 Å². The topological polar surface area (TPSA) is 24.5 Å². The summed E-state index contributed by atoms with van der Waals surface area (Å²) < 4.78 is 7.32. The lowest BCUT2D eigenvalue weighted by molar-refractivity contribution is 0.660. The van der Waals surface area contributed by atoms with Crippen molar-refractivity contribution < 1.29 is 0 Å². The molecule has 3 heterocycles. The van der Waals surface area contributed by atoms with Gasteiger partial charge in [-0.05, 0) is 248 Å². The van der Waals surface area contributed by atoms with Crippen molar-refractivity contribution in [3.63, 3.8) is 0 Å². The normalized spacial score (nSPS) is 12.2. The van der Waals surface area contributed by atoms with Gasteiger partial charge >= 0.3 is 0 Å². The molecule has 0 aliphatic heterocycles. The van der Waals surface area contributed by atoms with Crippen LogP contribution in [0.1, 0.15) is 25.0 Å². The van der Waals surface area contributed by atoms with E-state index in [0.717, 1.165) is 62.6 Å². The van der Waals surface area contributed by atoms with E-state index in [1.807, 2.05) is 0 Å². The fourth-order valence-corrected chi connectivity index (χ4v) is 24.4. The van der Waals surface area contributed by atoms with Crippen molar-refractivity contribution in [1.29, 1.82) is 0 Å². The second-order valence-corrected chi connectivity index (χ2v) is 39.2. The molecule has 1 aliphatic carbocycles. The summed E-state index contributed by atoms with van der Waals surface area (Å²) in [5.41, 5.74) is 28.6. The van der Waals surface area contributed by atoms with Crippen LogP contribution in [0, 0.1) is 0 Å². The van der Waals surface area contributed by atoms with Crippen LogP contribution in [0.2, 0.25) is 0 Å². The van der Waals surface area contributed by atoms with E-state index in [4.69, 9.17) is 0 Å². The van der Waals surface area contributed by atoms with Crippen molar-refractivity contribution >= 4 is 214 Å². The summed E-state index contributed by atoms with van der Waals surface area (Å²) in [7, 11) is 0. The van der Waals surface area contributed by atoms with E-state index in [9.17, 15) is 0 Å². The molecule has 0 radical (unpaired) electrons. The summed E-state index contributed by atoms with van der Waals surface area (Å²) in [5.74, 6) is 0. The van der Waals surface area contributed by atoms with Crippen molar-refractivity contribution in [2.24, 2.45) is 0 Å². The zero-order valence-corrected chi connectivity index (χ0v) is 81.1. The predicted molar refractivity (Wildman–Crippen MR) is 627 cm³/mol. The van der Waals surface area contributed by atoms with E-state index in [1.165, 1.54) is 201 Å². The summed E-state index contributed by atoms with van der Waals surface area (Å²) in [4.78, 5) is 7.32. The van der Waals surface area contributed by atoms with Crippen molar-refractivity contribution in [1.82, 2.24) is 13.7 Å². The van der Waals surface area contributed by atoms with Crippen LogP contribution in [-0.2, 0) is 5.41 Å². The summed E-state index contributed by atoms with van der Waals surface area (Å²) in [5, 5.41) is 30.3. The van der Waals surface area contributed by atoms with E-state index < -0.39 is 0 Å². The lowest BCUT2D eigenvalue weighted by Crippen LogP contribution is -2.15. The molecule has 0 atom stereocenters. The molecule has 29 aromatic rings. The van der Waals surface area contributed by atoms with Crippen LogP contribution in [0.25, 0.3) is 202 Å². The van der Waals surface area contributed by atoms with Gasteiger partial charge in [0.2, 0.25) is 0 Å². The van der Waals surface area contributed by atoms with Gasteiger partial charge in [0.25, 0.3) is 0 Å². The summed E-state index contributed by atoms with van der Waals surface area (Å²) in [6, 6.07) is 199. The fraction of sp³-hybridized carbons (Fsp3) is 0.0213. The Labute approximate surface area is 851 Å². The number of hydrogen-bond acceptors (Lipinski definition) is 3. The number of rotatable bonds is 13. The third kappa shape index (κ3) is 14.0. The molecule has 6 nitrogen and oxygen atoms in total. The molecule has 0 saturated carbocycles. The minimum Gasteiger partial charge on any atom is -0.310 e. The number of benzene rings is 26. The highest BCUT2D eigenvalue weighted by Gasteiger charge is 2.36. The maximum Gasteiger partial charge on any atom is 0.0562 e. The fourth-order valence-electron chi connectivity index (χ4n) is 24.4. The van der Waals surface area contributed by atoms with Crippen LogP contribution in [0.3, 0.4) is 0 Å². The minimum atomic E-state index is -0.0860. The molecule has 0 amide bonds. The van der Waals surface area contributed by atoms with Crippen molar-refractivity contribution in [2.45, 2.75) is 19.3 Å². The van der Waals surface area contributed by atoms with E-state index in [1.54, 1.807) is 0 Å². The van der Waals surface area contributed by atoms with Gasteiger partial charge in [-0.3, -0.25) is 0 Å². The molecule has 1 aliphatic rings. The van der Waals surface area contributed by atoms with Gasteiger partial charge < -0.3 is 28.4 Å². The second-order valence-electron chi connectivity index (χ2n) is 39.2. The Morgan fingerprint density at radius 3 is 0.803 bits per heavy atom. The molecular weight excluding hydrogens is 1780 g/mol. The minimum absolute atomic E-state index is 0.0860. The number of para-hydroxylation sites is 8. The Kier molecular flexibility index (Phi) is 20.6. The first kappa shape index (κ1) is 85.8. The average molecular weight is 1870 g/mol. The number of hydrogen-bond donors (Lipinski definition) is 0. The molecule has 0 fully saturated rings. The van der Waals surface area contributed by atoms with Gasteiger partial charge in [0.1, 0.15) is 0 Å². The Balaban J connectivity index is 0.000000107. The molecule has 30 rings (SSSR count). The van der Waals surface area contributed by atoms with Gasteiger partial charge in [-0.15, -0.1) is 0 Å². The Morgan fingerprint density at radius 1 is 0.156 bits per heavy atom. The number of fused-ring (bicyclic) bond motifs is 30. The van der Waals surface area contributed by atoms with E-state index in [2.05, 4.69) is 588 Å². The first-order chi connectivity index (χ1) is 72.8. The number of nitrogens with zero attached hydrogens (tertiary/aromatic N) is 6. The van der Waals surface area contributed by atoms with Crippen LogP contribution in [-0.4, -0.2) is 13.7 Å². The molecule has 6 heteroatoms. The number of aromatic nitrogens is 3. The summed E-state index contributed by atoms with van der Waals surface area (Å²) in [6.45, 7) is 4.72. The number of anilines is 9. The highest BCUT2D eigenvalue weighted by molar-refractivity contribution is 6.32. The van der Waals surface area contributed by atoms with Crippen LogP contribution in [0.15, 0.2) is 546 Å². The molecule has 147 heavy (non-hydrogen) atoms. The third-order valence-electron chi connectivity index (χ3n) is 30.8. The monoisotopic (exact) mass is 1870 g/mol. The predicted octanol–water partition coefficient (Wildman–Crippen LogP) is 39.1. The summed E-state index contributed by atoms with van der Waals surface area (Å²) >= 11 is 0. The van der Waals surface area contributed by atoms with E-state index in [0.29, 0.717) is 0 Å². The lowest BCUT2D eigenvalue weighted by atomic mass is 9.82. The van der Waals surface area contributed by atoms with Gasteiger partial charge in [0, 0.05) is 105 Å². The highest BCUT2D eigenvalue weighted by atomic mass is 15.2. The lowest BCUT2D eigenvalue weighted by Gasteiger charge is -2.28. The zero-order valence-electron chi connectivity index (χ0n) is 81.1. The smallest absolute Gasteiger partial charge is 0.0562 e. The average Bonchev–Trinajstić information content (AvgIpc) is 1.53. The molecule has 690 valence electrons. The SMILES string of the molecule is CC1(C)c2ccccc2-c2ccc(-n3c4ccccc4c4ccc(N(c5ccccc5)c5cccc6c7ccccc7c7ccccc7c56)cc43)cc21.c1ccc(-c2ccccc2-n2c3ccccc3c3ccc(N(c4ccccc4)c4cccc5c6ccccc6c6ccccc6c45)cc32)cc1.c1ccc(N(c2ccc3c4ccccc4n(-c4ccccc4)c3c2)c2cccc3c4ccccc4c4ccccc4c23)cc1. The Morgan fingerprint density at radius 2 is 0.422 bits per heavy atom. The zero-order chi connectivity index (χ0) is 97.3. The van der Waals surface area contributed by atoms with Gasteiger partial charge in [0.15, 0.2) is 0 Å². The maximum atomic E-state index is 2.47. The van der Waals surface area contributed by atoms with Crippen LogP contribution in [0.4, 0.5) is 51.2 Å².